The Hall–Kier alpha value is -1.31. The van der Waals surface area contributed by atoms with E-state index in [0.29, 0.717) is 0 Å². The minimum absolute atomic E-state index is 0.106. The van der Waals surface area contributed by atoms with Gasteiger partial charge in [0.15, 0.2) is 0 Å². The molecule has 0 saturated heterocycles. The smallest absolute Gasteiger partial charge is 0.225 e. The van der Waals surface area contributed by atoms with Gasteiger partial charge in [0.25, 0.3) is 0 Å². The van der Waals surface area contributed by atoms with Crippen LogP contribution in [-0.4, -0.2) is 8.42 Å². The van der Waals surface area contributed by atoms with Gasteiger partial charge in [0, 0.05) is 5.56 Å². The maximum absolute atomic E-state index is 10.8. The molecular weight excluding hydrogens is 186 g/mol. The molecule has 0 amide bonds. The Morgan fingerprint density at radius 3 is 2.15 bits per heavy atom. The van der Waals surface area contributed by atoms with Crippen LogP contribution in [-0.2, 0) is 10.0 Å². The number of benzene rings is 1. The predicted molar refractivity (Wildman–Crippen MR) is 50.4 cm³/mol. The molecule has 0 spiro atoms. The zero-order valence-corrected chi connectivity index (χ0v) is 7.93. The fraction of sp³-hybridized carbons (Fsp3) is 0.111. The average molecular weight is 195 g/mol. The maximum Gasteiger partial charge on any atom is 0.238 e. The summed E-state index contributed by atoms with van der Waals surface area (Å²) in [5.41, 5.74) is 0.773. The lowest BCUT2D eigenvalue weighted by atomic mass is 10.2. The average Bonchev–Trinajstić information content (AvgIpc) is 2.04. The minimum atomic E-state index is -3.58. The van der Waals surface area contributed by atoms with Crippen molar-refractivity contribution in [1.82, 2.24) is 0 Å². The van der Waals surface area contributed by atoms with Gasteiger partial charge in [-0.05, 0) is 31.2 Å². The molecule has 3 nitrogen and oxygen atoms in total. The molecule has 2 N–H and O–H groups in total. The first-order valence-electron chi connectivity index (χ1n) is 3.59. The highest BCUT2D eigenvalue weighted by Crippen LogP contribution is 2.07. The molecule has 0 radical (unpaired) electrons. The Balaban J connectivity index is 3.13. The molecule has 0 bridgehead atoms. The van der Waals surface area contributed by atoms with E-state index in [1.807, 2.05) is 0 Å². The van der Waals surface area contributed by atoms with Crippen LogP contribution >= 0.6 is 0 Å². The van der Waals surface area contributed by atoms with Crippen molar-refractivity contribution in [2.45, 2.75) is 11.8 Å². The molecule has 4 heteroatoms. The summed E-state index contributed by atoms with van der Waals surface area (Å²) < 4.78 is 21.7. The first-order valence-corrected chi connectivity index (χ1v) is 5.14. The molecule has 68 valence electrons. The van der Waals surface area contributed by atoms with Gasteiger partial charge < -0.3 is 0 Å². The van der Waals surface area contributed by atoms with Crippen LogP contribution in [0.15, 0.2) is 29.2 Å². The van der Waals surface area contributed by atoms with Crippen molar-refractivity contribution in [2.24, 2.45) is 5.14 Å². The molecule has 1 aromatic carbocycles. The lowest BCUT2D eigenvalue weighted by molar-refractivity contribution is 0.598. The number of hydrogen-bond donors (Lipinski definition) is 1. The van der Waals surface area contributed by atoms with Crippen molar-refractivity contribution in [3.8, 4) is 11.8 Å². The van der Waals surface area contributed by atoms with Crippen molar-refractivity contribution >= 4 is 10.0 Å². The van der Waals surface area contributed by atoms with Gasteiger partial charge in [0.2, 0.25) is 10.0 Å². The summed E-state index contributed by atoms with van der Waals surface area (Å²) in [5.74, 6) is 5.51. The summed E-state index contributed by atoms with van der Waals surface area (Å²) in [6, 6.07) is 6.12. The van der Waals surface area contributed by atoms with Gasteiger partial charge >= 0.3 is 0 Å². The second kappa shape index (κ2) is 3.60. The van der Waals surface area contributed by atoms with E-state index in [-0.39, 0.29) is 4.90 Å². The molecule has 0 aliphatic carbocycles. The maximum atomic E-state index is 10.8. The topological polar surface area (TPSA) is 60.2 Å². The predicted octanol–water partition coefficient (Wildman–Crippen LogP) is 0.705. The van der Waals surface area contributed by atoms with Crippen LogP contribution in [0, 0.1) is 11.8 Å². The van der Waals surface area contributed by atoms with E-state index in [1.54, 1.807) is 19.1 Å². The zero-order valence-electron chi connectivity index (χ0n) is 7.11. The fourth-order valence-corrected chi connectivity index (χ4v) is 1.39. The Labute approximate surface area is 77.6 Å². The fourth-order valence-electron chi connectivity index (χ4n) is 0.872. The molecule has 0 aromatic heterocycles. The first kappa shape index (κ1) is 9.78. The summed E-state index contributed by atoms with van der Waals surface area (Å²) >= 11 is 0. The van der Waals surface area contributed by atoms with Gasteiger partial charge in [-0.3, -0.25) is 0 Å². The first-order chi connectivity index (χ1) is 6.04. The van der Waals surface area contributed by atoms with E-state index in [1.165, 1.54) is 12.1 Å². The van der Waals surface area contributed by atoms with Crippen molar-refractivity contribution < 1.29 is 8.42 Å². The van der Waals surface area contributed by atoms with Crippen LogP contribution in [0.5, 0.6) is 0 Å². The van der Waals surface area contributed by atoms with E-state index in [2.05, 4.69) is 11.8 Å². The molecule has 0 aliphatic heterocycles. The number of sulfonamides is 1. The van der Waals surface area contributed by atoms with Gasteiger partial charge in [-0.15, -0.1) is 5.92 Å². The van der Waals surface area contributed by atoms with Crippen LogP contribution in [0.3, 0.4) is 0 Å². The Kier molecular flexibility index (Phi) is 2.71. The van der Waals surface area contributed by atoms with Crippen molar-refractivity contribution in [2.75, 3.05) is 0 Å². The van der Waals surface area contributed by atoms with Crippen LogP contribution in [0.4, 0.5) is 0 Å². The summed E-state index contributed by atoms with van der Waals surface area (Å²) in [6.07, 6.45) is 0. The summed E-state index contributed by atoms with van der Waals surface area (Å²) in [7, 11) is -3.58. The van der Waals surface area contributed by atoms with E-state index in [0.717, 1.165) is 5.56 Å². The highest BCUT2D eigenvalue weighted by molar-refractivity contribution is 7.89. The Morgan fingerprint density at radius 1 is 1.23 bits per heavy atom. The summed E-state index contributed by atoms with van der Waals surface area (Å²) in [4.78, 5) is 0.106. The number of hydrogen-bond acceptors (Lipinski definition) is 2. The lowest BCUT2D eigenvalue weighted by Gasteiger charge is -1.96. The monoisotopic (exact) mass is 195 g/mol. The molecule has 0 unspecified atom stereocenters. The van der Waals surface area contributed by atoms with Gasteiger partial charge in [-0.1, -0.05) is 5.92 Å². The second-order valence-electron chi connectivity index (χ2n) is 2.44. The van der Waals surface area contributed by atoms with Gasteiger partial charge in [0.1, 0.15) is 0 Å². The molecular formula is C9H9NO2S. The highest BCUT2D eigenvalue weighted by Gasteiger charge is 2.05. The molecule has 0 atom stereocenters. The van der Waals surface area contributed by atoms with Gasteiger partial charge in [0.05, 0.1) is 4.90 Å². The summed E-state index contributed by atoms with van der Waals surface area (Å²) in [6.45, 7) is 1.72. The van der Waals surface area contributed by atoms with E-state index >= 15 is 0 Å². The van der Waals surface area contributed by atoms with Crippen molar-refractivity contribution in [3.05, 3.63) is 29.8 Å². The molecule has 13 heavy (non-hydrogen) atoms. The van der Waals surface area contributed by atoms with Gasteiger partial charge in [-0.2, -0.15) is 0 Å². The SMILES string of the molecule is CC#Cc1ccc(S(N)(=O)=O)cc1. The molecule has 1 rings (SSSR count). The van der Waals surface area contributed by atoms with Crippen molar-refractivity contribution in [3.63, 3.8) is 0 Å². The molecule has 0 heterocycles. The number of nitrogens with two attached hydrogens (primary N) is 1. The standard InChI is InChI=1S/C9H9NO2S/c1-2-3-8-4-6-9(7-5-8)13(10,11)12/h4-7H,1H3,(H2,10,11,12). The van der Waals surface area contributed by atoms with Crippen LogP contribution in [0.1, 0.15) is 12.5 Å². The quantitative estimate of drug-likeness (QED) is 0.671. The third-order valence-electron chi connectivity index (χ3n) is 1.45. The Morgan fingerprint density at radius 2 is 1.77 bits per heavy atom. The number of rotatable bonds is 1. The van der Waals surface area contributed by atoms with E-state index < -0.39 is 10.0 Å². The molecule has 0 saturated carbocycles. The van der Waals surface area contributed by atoms with Crippen LogP contribution < -0.4 is 5.14 Å². The second-order valence-corrected chi connectivity index (χ2v) is 4.01. The zero-order chi connectivity index (χ0) is 9.90. The largest absolute Gasteiger partial charge is 0.238 e. The molecule has 0 aliphatic rings. The Bertz CT molecular complexity index is 449. The van der Waals surface area contributed by atoms with Crippen molar-refractivity contribution in [1.29, 1.82) is 0 Å². The number of primary sulfonamides is 1. The highest BCUT2D eigenvalue weighted by atomic mass is 32.2. The van der Waals surface area contributed by atoms with E-state index in [9.17, 15) is 8.42 Å². The molecule has 1 aromatic rings. The summed E-state index contributed by atoms with van der Waals surface area (Å²) in [5, 5.41) is 4.92. The third-order valence-corrected chi connectivity index (χ3v) is 2.38. The third kappa shape index (κ3) is 2.58. The lowest BCUT2D eigenvalue weighted by Crippen LogP contribution is -2.11. The van der Waals surface area contributed by atoms with Gasteiger partial charge in [-0.25, -0.2) is 13.6 Å². The normalized spacial score (nSPS) is 10.3. The van der Waals surface area contributed by atoms with Crippen LogP contribution in [0.25, 0.3) is 0 Å². The van der Waals surface area contributed by atoms with E-state index in [4.69, 9.17) is 5.14 Å². The minimum Gasteiger partial charge on any atom is -0.225 e. The van der Waals surface area contributed by atoms with Crippen LogP contribution in [0.2, 0.25) is 0 Å². The molecule has 0 fully saturated rings.